The summed E-state index contributed by atoms with van der Waals surface area (Å²) < 4.78 is 13.5. The number of hydrogen-bond acceptors (Lipinski definition) is 2. The second-order valence-corrected chi connectivity index (χ2v) is 8.58. The quantitative estimate of drug-likeness (QED) is 0.709. The molecule has 1 unspecified atom stereocenters. The minimum atomic E-state index is -0.223. The summed E-state index contributed by atoms with van der Waals surface area (Å²) in [5.74, 6) is 0.299. The molecule has 2 aliphatic rings. The molecule has 2 aromatic carbocycles. The number of para-hydroxylation sites is 1. The molecule has 2 amide bonds. The van der Waals surface area contributed by atoms with E-state index in [4.69, 9.17) is 11.6 Å². The van der Waals surface area contributed by atoms with E-state index >= 15 is 0 Å². The standard InChI is InChI=1S/C23H27ClFN3O/c1-26-21(16-28(23(26)29)20-5-3-2-4-6-20)15-27-11-9-17(10-12-27)13-18-14-19(25)7-8-22(18)24/h2-8,14,17,21H,9-13,15-16H2,1H3. The highest BCUT2D eigenvalue weighted by Gasteiger charge is 2.36. The van der Waals surface area contributed by atoms with Crippen LogP contribution in [0.4, 0.5) is 14.9 Å². The van der Waals surface area contributed by atoms with Gasteiger partial charge in [-0.15, -0.1) is 0 Å². The van der Waals surface area contributed by atoms with E-state index in [1.165, 1.54) is 6.07 Å². The Balaban J connectivity index is 1.30. The number of likely N-dealkylation sites (N-methyl/N-ethyl adjacent to an activating group) is 1. The topological polar surface area (TPSA) is 26.8 Å². The van der Waals surface area contributed by atoms with E-state index in [1.807, 2.05) is 47.2 Å². The number of benzene rings is 2. The number of amides is 2. The first-order chi connectivity index (χ1) is 14.0. The van der Waals surface area contributed by atoms with Crippen molar-refractivity contribution in [2.24, 2.45) is 5.92 Å². The second-order valence-electron chi connectivity index (χ2n) is 8.18. The Hall–Kier alpha value is -2.11. The number of anilines is 1. The van der Waals surface area contributed by atoms with Crippen LogP contribution >= 0.6 is 11.6 Å². The Morgan fingerprint density at radius 2 is 1.83 bits per heavy atom. The lowest BCUT2D eigenvalue weighted by atomic mass is 9.90. The molecular weight excluding hydrogens is 389 g/mol. The van der Waals surface area contributed by atoms with Gasteiger partial charge in [0.1, 0.15) is 5.82 Å². The maximum absolute atomic E-state index is 13.5. The van der Waals surface area contributed by atoms with Gasteiger partial charge in [-0.1, -0.05) is 29.8 Å². The summed E-state index contributed by atoms with van der Waals surface area (Å²) in [5, 5.41) is 0.654. The number of piperidine rings is 1. The molecule has 0 bridgehead atoms. The number of carbonyl (C=O) groups is 1. The molecule has 4 nitrogen and oxygen atoms in total. The first kappa shape index (κ1) is 20.2. The van der Waals surface area contributed by atoms with Gasteiger partial charge in [-0.25, -0.2) is 9.18 Å². The van der Waals surface area contributed by atoms with E-state index in [9.17, 15) is 9.18 Å². The number of rotatable bonds is 5. The number of carbonyl (C=O) groups excluding carboxylic acids is 1. The molecule has 1 atom stereocenters. The third-order valence-electron chi connectivity index (χ3n) is 6.23. The third-order valence-corrected chi connectivity index (χ3v) is 6.60. The van der Waals surface area contributed by atoms with Crippen molar-refractivity contribution < 1.29 is 9.18 Å². The van der Waals surface area contributed by atoms with E-state index < -0.39 is 0 Å². The lowest BCUT2D eigenvalue weighted by Crippen LogP contribution is -2.44. The minimum Gasteiger partial charge on any atom is -0.321 e. The van der Waals surface area contributed by atoms with Gasteiger partial charge in [0.15, 0.2) is 0 Å². The minimum absolute atomic E-state index is 0.0665. The van der Waals surface area contributed by atoms with Crippen molar-refractivity contribution in [2.45, 2.75) is 25.3 Å². The average Bonchev–Trinajstić information content (AvgIpc) is 3.01. The van der Waals surface area contributed by atoms with E-state index in [1.54, 1.807) is 12.1 Å². The Labute approximate surface area is 176 Å². The van der Waals surface area contributed by atoms with Crippen LogP contribution in [-0.4, -0.2) is 55.1 Å². The van der Waals surface area contributed by atoms with E-state index in [0.29, 0.717) is 10.9 Å². The van der Waals surface area contributed by atoms with Gasteiger partial charge in [-0.05, 0) is 74.2 Å². The molecule has 0 radical (unpaired) electrons. The number of hydrogen-bond donors (Lipinski definition) is 0. The van der Waals surface area contributed by atoms with Gasteiger partial charge in [0.2, 0.25) is 0 Å². The van der Waals surface area contributed by atoms with Crippen LogP contribution in [0.25, 0.3) is 0 Å². The number of nitrogens with zero attached hydrogens (tertiary/aromatic N) is 3. The summed E-state index contributed by atoms with van der Waals surface area (Å²) in [4.78, 5) is 18.8. The summed E-state index contributed by atoms with van der Waals surface area (Å²) in [7, 11) is 1.90. The fraction of sp³-hybridized carbons (Fsp3) is 0.435. The smallest absolute Gasteiger partial charge is 0.321 e. The summed E-state index contributed by atoms with van der Waals surface area (Å²) in [6.45, 7) is 3.61. The van der Waals surface area contributed by atoms with Crippen molar-refractivity contribution in [1.82, 2.24) is 9.80 Å². The molecule has 0 saturated carbocycles. The van der Waals surface area contributed by atoms with Gasteiger partial charge < -0.3 is 9.80 Å². The fourth-order valence-electron chi connectivity index (χ4n) is 4.44. The molecule has 6 heteroatoms. The lowest BCUT2D eigenvalue weighted by molar-refractivity contribution is 0.149. The van der Waals surface area contributed by atoms with Crippen LogP contribution in [0.15, 0.2) is 48.5 Å². The van der Waals surface area contributed by atoms with Crippen molar-refractivity contribution in [3.63, 3.8) is 0 Å². The Kier molecular flexibility index (Phi) is 6.07. The van der Waals surface area contributed by atoms with Crippen LogP contribution in [0.1, 0.15) is 18.4 Å². The van der Waals surface area contributed by atoms with E-state index in [0.717, 1.165) is 56.7 Å². The molecule has 0 aromatic heterocycles. The summed E-state index contributed by atoms with van der Waals surface area (Å²) in [6.07, 6.45) is 2.97. The van der Waals surface area contributed by atoms with Crippen LogP contribution in [-0.2, 0) is 6.42 Å². The predicted octanol–water partition coefficient (Wildman–Crippen LogP) is 4.67. The Morgan fingerprint density at radius 1 is 1.10 bits per heavy atom. The zero-order valence-corrected chi connectivity index (χ0v) is 17.5. The highest BCUT2D eigenvalue weighted by molar-refractivity contribution is 6.31. The summed E-state index contributed by atoms with van der Waals surface area (Å²) >= 11 is 6.23. The molecule has 2 fully saturated rings. The number of halogens is 2. The highest BCUT2D eigenvalue weighted by atomic mass is 35.5. The van der Waals surface area contributed by atoms with E-state index in [2.05, 4.69) is 4.90 Å². The first-order valence-corrected chi connectivity index (χ1v) is 10.6. The number of urea groups is 1. The van der Waals surface area contributed by atoms with Gasteiger partial charge in [0.05, 0.1) is 6.04 Å². The molecule has 0 N–H and O–H groups in total. The van der Waals surface area contributed by atoms with Gasteiger partial charge in [0, 0.05) is 30.8 Å². The molecule has 4 rings (SSSR count). The molecule has 2 aliphatic heterocycles. The predicted molar refractivity (Wildman–Crippen MR) is 115 cm³/mol. The van der Waals surface area contributed by atoms with Gasteiger partial charge in [-0.3, -0.25) is 4.90 Å². The van der Waals surface area contributed by atoms with Gasteiger partial charge in [0.25, 0.3) is 0 Å². The van der Waals surface area contributed by atoms with Crippen LogP contribution in [0.5, 0.6) is 0 Å². The zero-order valence-electron chi connectivity index (χ0n) is 16.7. The molecule has 0 spiro atoms. The zero-order chi connectivity index (χ0) is 20.4. The summed E-state index contributed by atoms with van der Waals surface area (Å²) in [5.41, 5.74) is 1.86. The van der Waals surface area contributed by atoms with Crippen molar-refractivity contribution in [3.05, 3.63) is 64.9 Å². The second kappa shape index (κ2) is 8.72. The lowest BCUT2D eigenvalue weighted by Gasteiger charge is -2.34. The Morgan fingerprint density at radius 3 is 2.55 bits per heavy atom. The maximum Gasteiger partial charge on any atom is 0.324 e. The first-order valence-electron chi connectivity index (χ1n) is 10.3. The number of likely N-dealkylation sites (tertiary alicyclic amines) is 1. The fourth-order valence-corrected chi connectivity index (χ4v) is 4.64. The SMILES string of the molecule is CN1C(=O)N(c2ccccc2)CC1CN1CCC(Cc2cc(F)ccc2Cl)CC1. The van der Waals surface area contributed by atoms with Crippen molar-refractivity contribution in [3.8, 4) is 0 Å². The van der Waals surface area contributed by atoms with Crippen LogP contribution < -0.4 is 4.90 Å². The molecule has 29 heavy (non-hydrogen) atoms. The summed E-state index contributed by atoms with van der Waals surface area (Å²) in [6, 6.07) is 14.7. The largest absolute Gasteiger partial charge is 0.324 e. The maximum atomic E-state index is 13.5. The Bertz CT molecular complexity index is 854. The molecule has 2 aromatic rings. The van der Waals surface area contributed by atoms with E-state index in [-0.39, 0.29) is 17.9 Å². The molecule has 154 valence electrons. The van der Waals surface area contributed by atoms with Gasteiger partial charge in [-0.2, -0.15) is 0 Å². The van der Waals surface area contributed by atoms with Crippen molar-refractivity contribution in [1.29, 1.82) is 0 Å². The monoisotopic (exact) mass is 415 g/mol. The molecule has 0 aliphatic carbocycles. The highest BCUT2D eigenvalue weighted by Crippen LogP contribution is 2.28. The third kappa shape index (κ3) is 4.57. The molecule has 2 saturated heterocycles. The molecule has 2 heterocycles. The molecular formula is C23H27ClFN3O. The van der Waals surface area contributed by atoms with Crippen molar-refractivity contribution >= 4 is 23.3 Å². The van der Waals surface area contributed by atoms with Crippen molar-refractivity contribution in [2.75, 3.05) is 38.1 Å². The average molecular weight is 416 g/mol. The van der Waals surface area contributed by atoms with Gasteiger partial charge >= 0.3 is 6.03 Å². The normalized spacial score (nSPS) is 21.2. The van der Waals surface area contributed by atoms with Crippen LogP contribution in [0.2, 0.25) is 5.02 Å². The van der Waals surface area contributed by atoms with Crippen LogP contribution in [0, 0.1) is 11.7 Å². The van der Waals surface area contributed by atoms with Crippen LogP contribution in [0.3, 0.4) is 0 Å².